The molecule has 1 aromatic carbocycles. The van der Waals surface area contributed by atoms with Crippen molar-refractivity contribution in [2.75, 3.05) is 11.4 Å². The molecule has 1 fully saturated rings. The Morgan fingerprint density at radius 1 is 1.21 bits per heavy atom. The predicted octanol–water partition coefficient (Wildman–Crippen LogP) is 2.89. The van der Waals surface area contributed by atoms with Gasteiger partial charge in [0.2, 0.25) is 11.8 Å². The van der Waals surface area contributed by atoms with E-state index in [0.29, 0.717) is 17.1 Å². The van der Waals surface area contributed by atoms with Gasteiger partial charge in [-0.15, -0.1) is 0 Å². The molecule has 1 aromatic rings. The van der Waals surface area contributed by atoms with Gasteiger partial charge in [0, 0.05) is 0 Å². The van der Waals surface area contributed by atoms with Crippen LogP contribution < -0.4 is 10.2 Å². The Balaban J connectivity index is 2.51. The fraction of sp³-hybridized carbons (Fsp3) is 0.333. The van der Waals surface area contributed by atoms with Crippen LogP contribution in [0.5, 0.6) is 0 Å². The number of carbonyl (C=O) groups excluding carboxylic acids is 2. The first kappa shape index (κ1) is 14.4. The molecular weight excluding hydrogens is 311 g/mol. The van der Waals surface area contributed by atoms with Gasteiger partial charge in [-0.25, -0.2) is 0 Å². The second-order valence-electron chi connectivity index (χ2n) is 4.12. The minimum atomic E-state index is -0.587. The van der Waals surface area contributed by atoms with E-state index in [2.05, 4.69) is 5.32 Å². The highest BCUT2D eigenvalue weighted by atomic mass is 35.5. The quantitative estimate of drug-likeness (QED) is 0.852. The lowest BCUT2D eigenvalue weighted by atomic mass is 10.1. The van der Waals surface area contributed by atoms with Gasteiger partial charge in [0.1, 0.15) is 6.04 Å². The standard InChI is InChI=1S/C12H11Cl3N2O2/c1-2-9-12(19)16-5-11(18)17(9)10-4-7(14)6(13)3-8(10)15/h3-4,9H,2,5H2,1H3,(H,16,19). The number of rotatable bonds is 2. The molecule has 0 saturated carbocycles. The number of hydrogen-bond donors (Lipinski definition) is 1. The van der Waals surface area contributed by atoms with Crippen molar-refractivity contribution in [2.24, 2.45) is 0 Å². The van der Waals surface area contributed by atoms with Crippen LogP contribution in [-0.4, -0.2) is 24.4 Å². The molecule has 0 aromatic heterocycles. The molecule has 1 N–H and O–H groups in total. The topological polar surface area (TPSA) is 49.4 Å². The van der Waals surface area contributed by atoms with Gasteiger partial charge in [0.15, 0.2) is 0 Å². The molecule has 7 heteroatoms. The van der Waals surface area contributed by atoms with Gasteiger partial charge in [0.05, 0.1) is 27.3 Å². The minimum absolute atomic E-state index is 0.0497. The van der Waals surface area contributed by atoms with Crippen molar-refractivity contribution in [1.82, 2.24) is 5.32 Å². The van der Waals surface area contributed by atoms with E-state index in [1.807, 2.05) is 6.92 Å². The summed E-state index contributed by atoms with van der Waals surface area (Å²) in [5.74, 6) is -0.434. The van der Waals surface area contributed by atoms with Gasteiger partial charge in [-0.3, -0.25) is 14.5 Å². The number of benzene rings is 1. The van der Waals surface area contributed by atoms with Crippen LogP contribution in [-0.2, 0) is 9.59 Å². The van der Waals surface area contributed by atoms with Crippen molar-refractivity contribution in [1.29, 1.82) is 0 Å². The molecule has 1 unspecified atom stereocenters. The van der Waals surface area contributed by atoms with E-state index >= 15 is 0 Å². The molecule has 1 aliphatic heterocycles. The Labute approximate surface area is 125 Å². The first-order valence-corrected chi connectivity index (χ1v) is 6.83. The summed E-state index contributed by atoms with van der Waals surface area (Å²) in [7, 11) is 0. The van der Waals surface area contributed by atoms with Gasteiger partial charge >= 0.3 is 0 Å². The van der Waals surface area contributed by atoms with E-state index in [1.54, 1.807) is 0 Å². The summed E-state index contributed by atoms with van der Waals surface area (Å²) in [4.78, 5) is 25.2. The first-order chi connectivity index (χ1) is 8.95. The van der Waals surface area contributed by atoms with E-state index in [-0.39, 0.29) is 28.4 Å². The zero-order valence-electron chi connectivity index (χ0n) is 10.0. The van der Waals surface area contributed by atoms with Crippen LogP contribution in [0.4, 0.5) is 5.69 Å². The summed E-state index contributed by atoms with van der Waals surface area (Å²) < 4.78 is 0. The molecule has 0 spiro atoms. The van der Waals surface area contributed by atoms with Crippen LogP contribution in [0, 0.1) is 0 Å². The maximum Gasteiger partial charge on any atom is 0.247 e. The number of hydrogen-bond acceptors (Lipinski definition) is 2. The zero-order valence-corrected chi connectivity index (χ0v) is 12.3. The monoisotopic (exact) mass is 320 g/mol. The maximum absolute atomic E-state index is 12.0. The number of piperazine rings is 1. The highest BCUT2D eigenvalue weighted by molar-refractivity contribution is 6.44. The van der Waals surface area contributed by atoms with Gasteiger partial charge in [0.25, 0.3) is 0 Å². The molecule has 1 heterocycles. The average Bonchev–Trinajstić information content (AvgIpc) is 2.36. The summed E-state index contributed by atoms with van der Waals surface area (Å²) in [6.07, 6.45) is 0.480. The van der Waals surface area contributed by atoms with E-state index in [9.17, 15) is 9.59 Å². The molecule has 1 saturated heterocycles. The number of amides is 2. The predicted molar refractivity (Wildman–Crippen MR) is 76.0 cm³/mol. The van der Waals surface area contributed by atoms with Crippen LogP contribution in [0.25, 0.3) is 0 Å². The molecule has 2 amide bonds. The molecule has 1 atom stereocenters. The highest BCUT2D eigenvalue weighted by Crippen LogP contribution is 2.36. The molecule has 2 rings (SSSR count). The third kappa shape index (κ3) is 2.66. The van der Waals surface area contributed by atoms with Crippen LogP contribution >= 0.6 is 34.8 Å². The molecule has 0 bridgehead atoms. The van der Waals surface area contributed by atoms with Gasteiger partial charge in [-0.2, -0.15) is 0 Å². The third-order valence-corrected chi connectivity index (χ3v) is 3.96. The van der Waals surface area contributed by atoms with E-state index in [4.69, 9.17) is 34.8 Å². The number of carbonyl (C=O) groups is 2. The van der Waals surface area contributed by atoms with Gasteiger partial charge in [-0.05, 0) is 18.6 Å². The lowest BCUT2D eigenvalue weighted by Gasteiger charge is -2.35. The summed E-state index contributed by atoms with van der Waals surface area (Å²) in [6.45, 7) is 1.77. The van der Waals surface area contributed by atoms with Gasteiger partial charge in [-0.1, -0.05) is 41.7 Å². The van der Waals surface area contributed by atoms with E-state index in [0.717, 1.165) is 0 Å². The molecule has 1 aliphatic rings. The summed E-state index contributed by atoms with van der Waals surface area (Å²) >= 11 is 17.9. The van der Waals surface area contributed by atoms with Crippen molar-refractivity contribution in [3.8, 4) is 0 Å². The molecule has 19 heavy (non-hydrogen) atoms. The summed E-state index contributed by atoms with van der Waals surface area (Å²) in [5.41, 5.74) is 0.405. The van der Waals surface area contributed by atoms with Crippen LogP contribution in [0.2, 0.25) is 15.1 Å². The van der Waals surface area contributed by atoms with Crippen molar-refractivity contribution < 1.29 is 9.59 Å². The van der Waals surface area contributed by atoms with E-state index in [1.165, 1.54) is 17.0 Å². The van der Waals surface area contributed by atoms with Crippen LogP contribution in [0.1, 0.15) is 13.3 Å². The largest absolute Gasteiger partial charge is 0.345 e. The number of nitrogens with zero attached hydrogens (tertiary/aromatic N) is 1. The average molecular weight is 322 g/mol. The summed E-state index contributed by atoms with van der Waals surface area (Å²) in [5, 5.41) is 3.42. The normalized spacial score (nSPS) is 19.6. The molecule has 102 valence electrons. The van der Waals surface area contributed by atoms with Crippen molar-refractivity contribution in [3.63, 3.8) is 0 Å². The Morgan fingerprint density at radius 3 is 2.47 bits per heavy atom. The molecular formula is C12H11Cl3N2O2. The minimum Gasteiger partial charge on any atom is -0.345 e. The molecule has 4 nitrogen and oxygen atoms in total. The fourth-order valence-electron chi connectivity index (χ4n) is 2.02. The van der Waals surface area contributed by atoms with Crippen LogP contribution in [0.15, 0.2) is 12.1 Å². The van der Waals surface area contributed by atoms with Crippen molar-refractivity contribution in [3.05, 3.63) is 27.2 Å². The Morgan fingerprint density at radius 2 is 1.84 bits per heavy atom. The lowest BCUT2D eigenvalue weighted by Crippen LogP contribution is -2.58. The maximum atomic E-state index is 12.0. The summed E-state index contributed by atoms with van der Waals surface area (Å²) in [6, 6.07) is 2.38. The smallest absolute Gasteiger partial charge is 0.247 e. The first-order valence-electron chi connectivity index (χ1n) is 5.70. The zero-order chi connectivity index (χ0) is 14.2. The second kappa shape index (κ2) is 5.57. The lowest BCUT2D eigenvalue weighted by molar-refractivity contribution is -0.131. The Kier molecular flexibility index (Phi) is 4.23. The Hall–Kier alpha value is -0.970. The highest BCUT2D eigenvalue weighted by Gasteiger charge is 2.35. The molecule has 0 aliphatic carbocycles. The van der Waals surface area contributed by atoms with E-state index < -0.39 is 6.04 Å². The van der Waals surface area contributed by atoms with Crippen LogP contribution in [0.3, 0.4) is 0 Å². The number of halogens is 3. The SMILES string of the molecule is CCC1C(=O)NCC(=O)N1c1cc(Cl)c(Cl)cc1Cl. The number of nitrogens with one attached hydrogen (secondary N) is 1. The Bertz CT molecular complexity index is 548. The number of anilines is 1. The van der Waals surface area contributed by atoms with Gasteiger partial charge < -0.3 is 5.32 Å². The second-order valence-corrected chi connectivity index (χ2v) is 5.34. The van der Waals surface area contributed by atoms with Crippen molar-refractivity contribution >= 4 is 52.3 Å². The fourth-order valence-corrected chi connectivity index (χ4v) is 2.66. The van der Waals surface area contributed by atoms with Crippen molar-refractivity contribution in [2.45, 2.75) is 19.4 Å². The molecule has 0 radical (unpaired) electrons. The third-order valence-electron chi connectivity index (χ3n) is 2.93.